The van der Waals surface area contributed by atoms with E-state index in [1.807, 2.05) is 14.0 Å². The number of carbonyl (C=O) groups is 1. The average molecular weight is 196 g/mol. The minimum Gasteiger partial charge on any atom is -0.353 e. The third-order valence-electron chi connectivity index (χ3n) is 1.49. The zero-order chi connectivity index (χ0) is 8.85. The maximum atomic E-state index is 10.9. The number of amides is 1. The van der Waals surface area contributed by atoms with Gasteiger partial charge in [0.15, 0.2) is 0 Å². The van der Waals surface area contributed by atoms with Gasteiger partial charge < -0.3 is 16.4 Å². The second-order valence-corrected chi connectivity index (χ2v) is 2.72. The van der Waals surface area contributed by atoms with Crippen LogP contribution in [0.25, 0.3) is 0 Å². The van der Waals surface area contributed by atoms with E-state index in [2.05, 4.69) is 10.6 Å². The van der Waals surface area contributed by atoms with Gasteiger partial charge in [-0.1, -0.05) is 0 Å². The molecule has 4 N–H and O–H groups in total. The first-order valence-corrected chi connectivity index (χ1v) is 3.78. The predicted octanol–water partition coefficient (Wildman–Crippen LogP) is -0.520. The van der Waals surface area contributed by atoms with Crippen LogP contribution in [0.5, 0.6) is 0 Å². The van der Waals surface area contributed by atoms with E-state index in [4.69, 9.17) is 5.73 Å². The lowest BCUT2D eigenvalue weighted by atomic mass is 10.3. The predicted molar refractivity (Wildman–Crippen MR) is 52.4 cm³/mol. The highest BCUT2D eigenvalue weighted by Gasteiger charge is 2.06. The van der Waals surface area contributed by atoms with E-state index in [9.17, 15) is 4.79 Å². The Balaban J connectivity index is 0. The van der Waals surface area contributed by atoms with E-state index >= 15 is 0 Å². The van der Waals surface area contributed by atoms with Gasteiger partial charge in [0, 0.05) is 12.6 Å². The van der Waals surface area contributed by atoms with E-state index < -0.39 is 6.04 Å². The van der Waals surface area contributed by atoms with Crippen LogP contribution < -0.4 is 16.4 Å². The van der Waals surface area contributed by atoms with Crippen molar-refractivity contribution in [1.82, 2.24) is 10.6 Å². The van der Waals surface area contributed by atoms with Gasteiger partial charge in [0.05, 0.1) is 6.04 Å². The molecule has 4 nitrogen and oxygen atoms in total. The molecule has 0 rings (SSSR count). The summed E-state index contributed by atoms with van der Waals surface area (Å²) in [6.07, 6.45) is 0. The maximum absolute atomic E-state index is 10.9. The lowest BCUT2D eigenvalue weighted by molar-refractivity contribution is -0.122. The minimum atomic E-state index is -0.418. The van der Waals surface area contributed by atoms with Gasteiger partial charge in [0.2, 0.25) is 5.91 Å². The fraction of sp³-hybridized carbons (Fsp3) is 0.857. The van der Waals surface area contributed by atoms with Crippen LogP contribution in [0, 0.1) is 0 Å². The van der Waals surface area contributed by atoms with Crippen molar-refractivity contribution >= 4 is 18.3 Å². The molecule has 0 aromatic heterocycles. The van der Waals surface area contributed by atoms with E-state index in [1.54, 1.807) is 6.92 Å². The first kappa shape index (κ1) is 14.2. The fourth-order valence-electron chi connectivity index (χ4n) is 0.517. The van der Waals surface area contributed by atoms with Gasteiger partial charge in [0.25, 0.3) is 0 Å². The molecule has 0 bridgehead atoms. The molecule has 0 spiro atoms. The van der Waals surface area contributed by atoms with Crippen molar-refractivity contribution in [2.45, 2.75) is 25.9 Å². The van der Waals surface area contributed by atoms with E-state index in [0.29, 0.717) is 6.54 Å². The Bertz CT molecular complexity index is 130. The lowest BCUT2D eigenvalue weighted by Crippen LogP contribution is -2.43. The normalized spacial score (nSPS) is 14.3. The van der Waals surface area contributed by atoms with Gasteiger partial charge in [0.1, 0.15) is 0 Å². The number of hydrogen-bond donors (Lipinski definition) is 3. The molecule has 0 aromatic carbocycles. The molecule has 0 aliphatic rings. The Kier molecular flexibility index (Phi) is 8.69. The largest absolute Gasteiger partial charge is 0.353 e. The fourth-order valence-corrected chi connectivity index (χ4v) is 0.517. The second-order valence-electron chi connectivity index (χ2n) is 2.72. The van der Waals surface area contributed by atoms with Gasteiger partial charge in [-0.25, -0.2) is 0 Å². The lowest BCUT2D eigenvalue weighted by Gasteiger charge is -2.12. The monoisotopic (exact) mass is 195 g/mol. The Hall–Kier alpha value is -0.320. The highest BCUT2D eigenvalue weighted by Crippen LogP contribution is 1.78. The van der Waals surface area contributed by atoms with Crippen LogP contribution in [0.1, 0.15) is 13.8 Å². The van der Waals surface area contributed by atoms with Gasteiger partial charge >= 0.3 is 0 Å². The minimum absolute atomic E-state index is 0. The molecule has 1 unspecified atom stereocenters. The molecule has 0 aliphatic heterocycles. The topological polar surface area (TPSA) is 67.1 Å². The first-order valence-electron chi connectivity index (χ1n) is 3.78. The standard InChI is InChI=1S/C7H17N3O.ClH/c1-5(9-3)4-10-7(11)6(2)8;/h5-6,9H,4,8H2,1-3H3,(H,10,11);1H/t5?,6-;/m1./s1. The van der Waals surface area contributed by atoms with Crippen LogP contribution in [0.15, 0.2) is 0 Å². The molecule has 0 heterocycles. The van der Waals surface area contributed by atoms with E-state index in [-0.39, 0.29) is 24.4 Å². The van der Waals surface area contributed by atoms with Crippen molar-refractivity contribution in [2.75, 3.05) is 13.6 Å². The molecule has 0 fully saturated rings. The number of hydrogen-bond acceptors (Lipinski definition) is 3. The molecule has 0 aliphatic carbocycles. The molecule has 0 saturated carbocycles. The summed E-state index contributed by atoms with van der Waals surface area (Å²) in [5, 5.41) is 5.71. The first-order chi connectivity index (χ1) is 5.07. The van der Waals surface area contributed by atoms with Crippen LogP contribution in [-0.2, 0) is 4.79 Å². The van der Waals surface area contributed by atoms with Crippen molar-refractivity contribution in [3.63, 3.8) is 0 Å². The summed E-state index contributed by atoms with van der Waals surface area (Å²) in [6, 6.07) is -0.128. The van der Waals surface area contributed by atoms with Crippen LogP contribution >= 0.6 is 12.4 Å². The second kappa shape index (κ2) is 7.34. The summed E-state index contributed by atoms with van der Waals surface area (Å²) in [5.41, 5.74) is 5.33. The molecule has 12 heavy (non-hydrogen) atoms. The smallest absolute Gasteiger partial charge is 0.236 e. The molecule has 0 aromatic rings. The van der Waals surface area contributed by atoms with Crippen LogP contribution in [-0.4, -0.2) is 31.6 Å². The Morgan fingerprint density at radius 1 is 1.50 bits per heavy atom. The number of carbonyl (C=O) groups excluding carboxylic acids is 1. The summed E-state index contributed by atoms with van der Waals surface area (Å²) < 4.78 is 0. The average Bonchev–Trinajstić information content (AvgIpc) is 1.99. The number of halogens is 1. The Morgan fingerprint density at radius 2 is 2.00 bits per heavy atom. The van der Waals surface area contributed by atoms with Crippen molar-refractivity contribution in [1.29, 1.82) is 0 Å². The summed E-state index contributed by atoms with van der Waals surface area (Å²) in [7, 11) is 1.85. The summed E-state index contributed by atoms with van der Waals surface area (Å²) in [4.78, 5) is 10.9. The third kappa shape index (κ3) is 6.39. The highest BCUT2D eigenvalue weighted by molar-refractivity contribution is 5.85. The highest BCUT2D eigenvalue weighted by atomic mass is 35.5. The summed E-state index contributed by atoms with van der Waals surface area (Å²) in [5.74, 6) is -0.105. The molecule has 0 radical (unpaired) electrons. The van der Waals surface area contributed by atoms with Gasteiger partial charge in [-0.05, 0) is 20.9 Å². The summed E-state index contributed by atoms with van der Waals surface area (Å²) in [6.45, 7) is 4.28. The van der Waals surface area contributed by atoms with E-state index in [0.717, 1.165) is 0 Å². The van der Waals surface area contributed by atoms with Crippen molar-refractivity contribution in [3.05, 3.63) is 0 Å². The number of nitrogens with two attached hydrogens (primary N) is 1. The third-order valence-corrected chi connectivity index (χ3v) is 1.49. The number of nitrogens with one attached hydrogen (secondary N) is 2. The number of rotatable bonds is 4. The number of likely N-dealkylation sites (N-methyl/N-ethyl adjacent to an activating group) is 1. The zero-order valence-corrected chi connectivity index (χ0v) is 8.57. The SMILES string of the molecule is CNC(C)CNC(=O)[C@@H](C)N.Cl. The Morgan fingerprint density at radius 3 is 2.33 bits per heavy atom. The molecular weight excluding hydrogens is 178 g/mol. The quantitative estimate of drug-likeness (QED) is 0.566. The molecule has 74 valence electrons. The van der Waals surface area contributed by atoms with Crippen molar-refractivity contribution in [3.8, 4) is 0 Å². The maximum Gasteiger partial charge on any atom is 0.236 e. The van der Waals surface area contributed by atoms with Crippen LogP contribution in [0.3, 0.4) is 0 Å². The van der Waals surface area contributed by atoms with Gasteiger partial charge in [-0.3, -0.25) is 4.79 Å². The van der Waals surface area contributed by atoms with Gasteiger partial charge in [-0.2, -0.15) is 0 Å². The molecular formula is C7H18ClN3O. The molecule has 2 atom stereocenters. The molecule has 1 amide bonds. The van der Waals surface area contributed by atoms with Crippen molar-refractivity contribution < 1.29 is 4.79 Å². The van der Waals surface area contributed by atoms with Crippen molar-refractivity contribution in [2.24, 2.45) is 5.73 Å². The Labute approximate surface area is 79.7 Å². The van der Waals surface area contributed by atoms with Gasteiger partial charge in [-0.15, -0.1) is 12.4 Å². The summed E-state index contributed by atoms with van der Waals surface area (Å²) >= 11 is 0. The van der Waals surface area contributed by atoms with Crippen LogP contribution in [0.4, 0.5) is 0 Å². The van der Waals surface area contributed by atoms with Crippen LogP contribution in [0.2, 0.25) is 0 Å². The molecule has 5 heteroatoms. The van der Waals surface area contributed by atoms with E-state index in [1.165, 1.54) is 0 Å². The molecule has 0 saturated heterocycles. The zero-order valence-electron chi connectivity index (χ0n) is 7.76.